The average Bonchev–Trinajstić information content (AvgIpc) is 2.92. The number of nitrogens with zero attached hydrogens (tertiary/aromatic N) is 2. The highest BCUT2D eigenvalue weighted by atomic mass is 35.5. The molecule has 0 spiro atoms. The topological polar surface area (TPSA) is 29.9 Å². The van der Waals surface area contributed by atoms with Gasteiger partial charge in [-0.1, -0.05) is 86.1 Å². The van der Waals surface area contributed by atoms with E-state index >= 15 is 0 Å². The Morgan fingerprint density at radius 1 is 0.960 bits per heavy atom. The van der Waals surface area contributed by atoms with Crippen LogP contribution < -0.4 is 5.32 Å². The Morgan fingerprint density at radius 2 is 1.48 bits per heavy atom. The van der Waals surface area contributed by atoms with Crippen LogP contribution in [0.1, 0.15) is 48.2 Å². The fourth-order valence-corrected chi connectivity index (χ4v) is 3.32. The maximum atomic E-state index is 6.49. The number of nitrogens with one attached hydrogen (secondary N) is 1. The molecule has 0 radical (unpaired) electrons. The molecule has 0 atom stereocenters. The molecule has 0 aliphatic heterocycles. The van der Waals surface area contributed by atoms with Crippen molar-refractivity contribution in [3.63, 3.8) is 0 Å². The van der Waals surface area contributed by atoms with Crippen molar-refractivity contribution in [1.82, 2.24) is 15.1 Å². The minimum absolute atomic E-state index is 0.110. The number of hydrogen-bond acceptors (Lipinski definition) is 2. The van der Waals surface area contributed by atoms with Crippen molar-refractivity contribution in [2.75, 3.05) is 0 Å². The van der Waals surface area contributed by atoms with Gasteiger partial charge in [-0.05, 0) is 17.0 Å². The summed E-state index contributed by atoms with van der Waals surface area (Å²) in [5.41, 5.74) is 4.61. The van der Waals surface area contributed by atoms with E-state index in [2.05, 4.69) is 72.8 Å². The molecular formula is C21H24ClN3. The Hall–Kier alpha value is -2.10. The van der Waals surface area contributed by atoms with Crippen LogP contribution in [0.15, 0.2) is 60.7 Å². The maximum absolute atomic E-state index is 6.49. The molecule has 0 aliphatic rings. The zero-order valence-corrected chi connectivity index (χ0v) is 15.7. The molecule has 1 N–H and O–H groups in total. The van der Waals surface area contributed by atoms with Crippen LogP contribution in [0, 0.1) is 0 Å². The van der Waals surface area contributed by atoms with Crippen LogP contribution in [0.5, 0.6) is 0 Å². The summed E-state index contributed by atoms with van der Waals surface area (Å²) in [6.07, 6.45) is 0. The lowest BCUT2D eigenvalue weighted by Crippen LogP contribution is -2.22. The van der Waals surface area contributed by atoms with E-state index in [9.17, 15) is 0 Å². The average molecular weight is 354 g/mol. The summed E-state index contributed by atoms with van der Waals surface area (Å²) in [7, 11) is 1.89. The van der Waals surface area contributed by atoms with E-state index < -0.39 is 0 Å². The first-order valence-corrected chi connectivity index (χ1v) is 9.00. The largest absolute Gasteiger partial charge is 0.302 e. The van der Waals surface area contributed by atoms with E-state index in [4.69, 9.17) is 11.6 Å². The molecule has 0 saturated carbocycles. The van der Waals surface area contributed by atoms with Crippen molar-refractivity contribution >= 4 is 11.6 Å². The molecule has 3 aromatic rings. The summed E-state index contributed by atoms with van der Waals surface area (Å²) in [5.74, 6) is 0.336. The third-order valence-corrected chi connectivity index (χ3v) is 4.87. The second-order valence-electron chi connectivity index (χ2n) is 6.57. The molecule has 0 saturated heterocycles. The zero-order chi connectivity index (χ0) is 17.8. The molecule has 1 aromatic heterocycles. The number of benzene rings is 2. The number of rotatable bonds is 6. The van der Waals surface area contributed by atoms with Gasteiger partial charge in [-0.3, -0.25) is 4.68 Å². The fourth-order valence-electron chi connectivity index (χ4n) is 3.12. The first kappa shape index (κ1) is 17.7. The number of aromatic nitrogens is 2. The molecule has 0 bridgehead atoms. The summed E-state index contributed by atoms with van der Waals surface area (Å²) in [4.78, 5) is 0. The molecule has 1 heterocycles. The van der Waals surface area contributed by atoms with Crippen molar-refractivity contribution in [1.29, 1.82) is 0 Å². The SMILES string of the molecule is CC(C)c1nn(C)c(Cl)c1CNC(c1ccccc1)c1ccccc1. The van der Waals surface area contributed by atoms with Gasteiger partial charge in [0.25, 0.3) is 0 Å². The minimum atomic E-state index is 0.110. The van der Waals surface area contributed by atoms with Gasteiger partial charge < -0.3 is 5.32 Å². The van der Waals surface area contributed by atoms with Gasteiger partial charge in [0, 0.05) is 19.2 Å². The highest BCUT2D eigenvalue weighted by Crippen LogP contribution is 2.27. The predicted molar refractivity (Wildman–Crippen MR) is 104 cm³/mol. The van der Waals surface area contributed by atoms with Gasteiger partial charge in [0.05, 0.1) is 11.7 Å². The van der Waals surface area contributed by atoms with Crippen LogP contribution >= 0.6 is 11.6 Å². The molecule has 0 unspecified atom stereocenters. The molecule has 0 fully saturated rings. The van der Waals surface area contributed by atoms with Crippen molar-refractivity contribution in [3.8, 4) is 0 Å². The van der Waals surface area contributed by atoms with Crippen molar-refractivity contribution in [3.05, 3.63) is 88.2 Å². The maximum Gasteiger partial charge on any atom is 0.131 e. The van der Waals surface area contributed by atoms with Gasteiger partial charge >= 0.3 is 0 Å². The fraction of sp³-hybridized carbons (Fsp3) is 0.286. The molecule has 4 heteroatoms. The standard InChI is InChI=1S/C21H24ClN3/c1-15(2)19-18(21(22)25(3)24-19)14-23-20(16-10-6-4-7-11-16)17-12-8-5-9-13-17/h4-13,15,20,23H,14H2,1-3H3. The Kier molecular flexibility index (Phi) is 5.57. The summed E-state index contributed by atoms with van der Waals surface area (Å²) >= 11 is 6.49. The molecule has 25 heavy (non-hydrogen) atoms. The quantitative estimate of drug-likeness (QED) is 0.670. The highest BCUT2D eigenvalue weighted by Gasteiger charge is 2.19. The van der Waals surface area contributed by atoms with Gasteiger partial charge in [0.15, 0.2) is 0 Å². The first-order chi connectivity index (χ1) is 12.1. The van der Waals surface area contributed by atoms with E-state index in [1.165, 1.54) is 11.1 Å². The summed E-state index contributed by atoms with van der Waals surface area (Å²) < 4.78 is 1.76. The minimum Gasteiger partial charge on any atom is -0.302 e. The van der Waals surface area contributed by atoms with Crippen LogP contribution in [0.4, 0.5) is 0 Å². The molecule has 3 rings (SSSR count). The van der Waals surface area contributed by atoms with Crippen LogP contribution in [0.3, 0.4) is 0 Å². The molecule has 0 amide bonds. The van der Waals surface area contributed by atoms with Gasteiger partial charge in [-0.25, -0.2) is 0 Å². The number of aryl methyl sites for hydroxylation is 1. The molecule has 3 nitrogen and oxygen atoms in total. The number of halogens is 1. The highest BCUT2D eigenvalue weighted by molar-refractivity contribution is 6.30. The zero-order valence-electron chi connectivity index (χ0n) is 14.9. The monoisotopic (exact) mass is 353 g/mol. The summed E-state index contributed by atoms with van der Waals surface area (Å²) in [6, 6.07) is 21.1. The number of hydrogen-bond donors (Lipinski definition) is 1. The van der Waals surface area contributed by atoms with Crippen LogP contribution in [0.25, 0.3) is 0 Å². The van der Waals surface area contributed by atoms with Gasteiger partial charge in [0.1, 0.15) is 5.15 Å². The van der Waals surface area contributed by atoms with E-state index in [0.717, 1.165) is 11.3 Å². The van der Waals surface area contributed by atoms with Gasteiger partial charge in [0.2, 0.25) is 0 Å². The van der Waals surface area contributed by atoms with Crippen molar-refractivity contribution < 1.29 is 0 Å². The van der Waals surface area contributed by atoms with E-state index in [1.54, 1.807) is 4.68 Å². The Morgan fingerprint density at radius 3 is 1.96 bits per heavy atom. The van der Waals surface area contributed by atoms with Crippen molar-refractivity contribution in [2.45, 2.75) is 32.4 Å². The lowest BCUT2D eigenvalue weighted by molar-refractivity contribution is 0.599. The van der Waals surface area contributed by atoms with Gasteiger partial charge in [-0.2, -0.15) is 5.10 Å². The second-order valence-corrected chi connectivity index (χ2v) is 6.93. The van der Waals surface area contributed by atoms with E-state index in [0.29, 0.717) is 17.6 Å². The summed E-state index contributed by atoms with van der Waals surface area (Å²) in [6.45, 7) is 4.97. The third-order valence-electron chi connectivity index (χ3n) is 4.40. The normalized spacial score (nSPS) is 11.4. The molecular weight excluding hydrogens is 330 g/mol. The van der Waals surface area contributed by atoms with E-state index in [-0.39, 0.29) is 6.04 Å². The Labute approximate surface area is 154 Å². The lowest BCUT2D eigenvalue weighted by Gasteiger charge is -2.20. The molecule has 130 valence electrons. The Balaban J connectivity index is 1.90. The lowest BCUT2D eigenvalue weighted by atomic mass is 9.98. The van der Waals surface area contributed by atoms with Gasteiger partial charge in [-0.15, -0.1) is 0 Å². The third kappa shape index (κ3) is 3.94. The van der Waals surface area contributed by atoms with E-state index in [1.807, 2.05) is 19.2 Å². The molecule has 2 aromatic carbocycles. The smallest absolute Gasteiger partial charge is 0.131 e. The Bertz CT molecular complexity index is 770. The van der Waals surface area contributed by atoms with Crippen LogP contribution in [0.2, 0.25) is 5.15 Å². The predicted octanol–water partition coefficient (Wildman–Crippen LogP) is 5.08. The van der Waals surface area contributed by atoms with Crippen LogP contribution in [-0.4, -0.2) is 9.78 Å². The first-order valence-electron chi connectivity index (χ1n) is 8.62. The molecule has 0 aliphatic carbocycles. The second kappa shape index (κ2) is 7.85. The van der Waals surface area contributed by atoms with Crippen molar-refractivity contribution in [2.24, 2.45) is 7.05 Å². The van der Waals surface area contributed by atoms with Crippen LogP contribution in [-0.2, 0) is 13.6 Å². The summed E-state index contributed by atoms with van der Waals surface area (Å²) in [5, 5.41) is 8.96.